The van der Waals surface area contributed by atoms with E-state index in [0.29, 0.717) is 0 Å². The van der Waals surface area contributed by atoms with E-state index >= 15 is 0 Å². The second-order valence-electron chi connectivity index (χ2n) is 13.4. The van der Waals surface area contributed by atoms with Crippen LogP contribution in [-0.4, -0.2) is 23.8 Å². The van der Waals surface area contributed by atoms with Crippen molar-refractivity contribution in [2.24, 2.45) is 0 Å². The van der Waals surface area contributed by atoms with E-state index < -0.39 is 0 Å². The summed E-state index contributed by atoms with van der Waals surface area (Å²) in [5, 5.41) is 5.51. The molecule has 5 aromatic heterocycles. The van der Waals surface area contributed by atoms with Crippen molar-refractivity contribution in [1.29, 1.82) is 0 Å². The number of ether oxygens (including phenoxy) is 1. The molecular formula is C41H29N5O. The minimum atomic E-state index is -0.0429. The number of benzene rings is 5. The van der Waals surface area contributed by atoms with Crippen LogP contribution in [0.3, 0.4) is 0 Å². The minimum Gasteiger partial charge on any atom is -0.457 e. The van der Waals surface area contributed by atoms with E-state index in [4.69, 9.17) is 19.7 Å². The molecule has 0 radical (unpaired) electrons. The monoisotopic (exact) mass is 607 g/mol. The minimum absolute atomic E-state index is 0.0429. The van der Waals surface area contributed by atoms with E-state index in [-0.39, 0.29) is 5.41 Å². The average molecular weight is 608 g/mol. The van der Waals surface area contributed by atoms with E-state index in [1.54, 1.807) is 0 Å². The molecule has 0 saturated carbocycles. The van der Waals surface area contributed by atoms with Crippen molar-refractivity contribution >= 4 is 76.8 Å². The third kappa shape index (κ3) is 3.69. The molecule has 10 aromatic rings. The van der Waals surface area contributed by atoms with Crippen LogP contribution < -0.4 is 4.74 Å². The second-order valence-corrected chi connectivity index (χ2v) is 13.4. The zero-order valence-electron chi connectivity index (χ0n) is 26.2. The van der Waals surface area contributed by atoms with Crippen molar-refractivity contribution in [2.45, 2.75) is 26.2 Å². The van der Waals surface area contributed by atoms with Crippen molar-refractivity contribution in [3.63, 3.8) is 0 Å². The lowest BCUT2D eigenvalue weighted by molar-refractivity contribution is 0.484. The van der Waals surface area contributed by atoms with Crippen LogP contribution in [0.2, 0.25) is 0 Å². The Labute approximate surface area is 269 Å². The quantitative estimate of drug-likeness (QED) is 0.184. The summed E-state index contributed by atoms with van der Waals surface area (Å²) < 4.78 is 11.2. The van der Waals surface area contributed by atoms with Crippen LogP contribution in [0.1, 0.15) is 26.3 Å². The Bertz CT molecular complexity index is 2930. The van der Waals surface area contributed by atoms with Gasteiger partial charge in [0, 0.05) is 27.7 Å². The fourth-order valence-electron chi connectivity index (χ4n) is 7.42. The largest absolute Gasteiger partial charge is 0.457 e. The highest BCUT2D eigenvalue weighted by Gasteiger charge is 2.22. The van der Waals surface area contributed by atoms with Gasteiger partial charge in [-0.25, -0.2) is 9.97 Å². The van der Waals surface area contributed by atoms with Crippen LogP contribution in [0, 0.1) is 0 Å². The molecule has 0 amide bonds. The summed E-state index contributed by atoms with van der Waals surface area (Å²) >= 11 is 0. The summed E-state index contributed by atoms with van der Waals surface area (Å²) in [7, 11) is 0. The molecule has 0 unspecified atom stereocenters. The molecule has 47 heavy (non-hydrogen) atoms. The van der Waals surface area contributed by atoms with E-state index in [0.717, 1.165) is 77.6 Å². The van der Waals surface area contributed by atoms with E-state index in [1.807, 2.05) is 30.5 Å². The Balaban J connectivity index is 1.22. The Hall–Kier alpha value is -6.01. The van der Waals surface area contributed by atoms with Crippen LogP contribution >= 0.6 is 0 Å². The van der Waals surface area contributed by atoms with Crippen molar-refractivity contribution < 1.29 is 4.74 Å². The van der Waals surface area contributed by atoms with Crippen LogP contribution in [0.25, 0.3) is 76.8 Å². The van der Waals surface area contributed by atoms with Gasteiger partial charge in [-0.15, -0.1) is 0 Å². The molecule has 0 bridgehead atoms. The number of pyridine rings is 3. The molecule has 0 saturated heterocycles. The maximum absolute atomic E-state index is 6.67. The third-order valence-electron chi connectivity index (χ3n) is 9.46. The Kier molecular flexibility index (Phi) is 5.17. The van der Waals surface area contributed by atoms with Crippen molar-refractivity contribution in [3.8, 4) is 11.5 Å². The first-order chi connectivity index (χ1) is 22.9. The number of aromatic nitrogens is 5. The summed E-state index contributed by atoms with van der Waals surface area (Å²) in [6, 6.07) is 40.0. The lowest BCUT2D eigenvalue weighted by Crippen LogP contribution is -2.12. The molecule has 6 nitrogen and oxygen atoms in total. The molecule has 5 heterocycles. The van der Waals surface area contributed by atoms with Crippen LogP contribution in [0.15, 0.2) is 121 Å². The molecule has 0 fully saturated rings. The molecular weight excluding hydrogens is 578 g/mol. The number of para-hydroxylation sites is 4. The molecule has 0 atom stereocenters. The average Bonchev–Trinajstić information content (AvgIpc) is 3.68. The zero-order chi connectivity index (χ0) is 31.4. The predicted molar refractivity (Wildman–Crippen MR) is 192 cm³/mol. The van der Waals surface area contributed by atoms with Gasteiger partial charge in [-0.2, -0.15) is 0 Å². The van der Waals surface area contributed by atoms with Gasteiger partial charge in [0.15, 0.2) is 0 Å². The molecule has 10 rings (SSSR count). The highest BCUT2D eigenvalue weighted by molar-refractivity contribution is 6.16. The maximum Gasteiger partial charge on any atom is 0.146 e. The van der Waals surface area contributed by atoms with Gasteiger partial charge in [0.2, 0.25) is 0 Å². The summed E-state index contributed by atoms with van der Waals surface area (Å²) in [6.07, 6.45) is 1.85. The molecule has 0 aliphatic rings. The Morgan fingerprint density at radius 1 is 0.532 bits per heavy atom. The molecule has 224 valence electrons. The molecule has 6 heteroatoms. The molecule has 0 aliphatic carbocycles. The number of nitrogens with zero attached hydrogens (tertiary/aromatic N) is 5. The smallest absolute Gasteiger partial charge is 0.146 e. The lowest BCUT2D eigenvalue weighted by atomic mass is 9.83. The van der Waals surface area contributed by atoms with Gasteiger partial charge in [0.1, 0.15) is 22.8 Å². The fraction of sp³-hybridized carbons (Fsp3) is 0.0976. The standard InChI is InChI=1S/C41H29N5O/c1-41(2,3)30-10-8-15-35-37(30)26-19-17-24(22-28(26)39-43-31-11-4-6-13-33(31)45(35)39)47-25-18-20-27-29(23-25)40-44-32-12-5-7-14-34(32)46(40)36-16-9-21-42-38(27)36/h4-23H,1-3H3. The number of fused-ring (bicyclic) bond motifs is 16. The SMILES string of the molecule is CC(C)(C)c1cccc2c1c1ccc(Oc3ccc4c(c3)c3nc5ccccc5n3c3cccnc43)cc1c1nc3ccccc3n21. The first-order valence-corrected chi connectivity index (χ1v) is 16.0. The zero-order valence-corrected chi connectivity index (χ0v) is 26.2. The Morgan fingerprint density at radius 2 is 1.11 bits per heavy atom. The number of hydrogen-bond acceptors (Lipinski definition) is 4. The van der Waals surface area contributed by atoms with Gasteiger partial charge in [-0.05, 0) is 95.2 Å². The van der Waals surface area contributed by atoms with Crippen LogP contribution in [0.4, 0.5) is 0 Å². The van der Waals surface area contributed by atoms with Gasteiger partial charge in [-0.1, -0.05) is 57.2 Å². The first-order valence-electron chi connectivity index (χ1n) is 16.0. The second kappa shape index (κ2) is 9.27. The van der Waals surface area contributed by atoms with Crippen LogP contribution in [0.5, 0.6) is 11.5 Å². The summed E-state index contributed by atoms with van der Waals surface area (Å²) in [6.45, 7) is 6.83. The van der Waals surface area contributed by atoms with Crippen molar-refractivity contribution in [3.05, 3.63) is 127 Å². The first kappa shape index (κ1) is 26.2. The highest BCUT2D eigenvalue weighted by atomic mass is 16.5. The van der Waals surface area contributed by atoms with E-state index in [9.17, 15) is 0 Å². The van der Waals surface area contributed by atoms with Crippen molar-refractivity contribution in [2.75, 3.05) is 0 Å². The normalized spacial score (nSPS) is 12.6. The third-order valence-corrected chi connectivity index (χ3v) is 9.46. The molecule has 0 aliphatic heterocycles. The maximum atomic E-state index is 6.67. The number of rotatable bonds is 2. The predicted octanol–water partition coefficient (Wildman–Crippen LogP) is 10.4. The highest BCUT2D eigenvalue weighted by Crippen LogP contribution is 2.40. The fourth-order valence-corrected chi connectivity index (χ4v) is 7.42. The summed E-state index contributed by atoms with van der Waals surface area (Å²) in [5.41, 5.74) is 10.3. The lowest BCUT2D eigenvalue weighted by Gasteiger charge is -2.23. The Morgan fingerprint density at radius 3 is 1.79 bits per heavy atom. The van der Waals surface area contributed by atoms with E-state index in [1.165, 1.54) is 16.3 Å². The summed E-state index contributed by atoms with van der Waals surface area (Å²) in [4.78, 5) is 15.0. The van der Waals surface area contributed by atoms with Gasteiger partial charge in [-0.3, -0.25) is 13.8 Å². The molecule has 5 aromatic carbocycles. The number of hydrogen-bond donors (Lipinski definition) is 0. The van der Waals surface area contributed by atoms with Gasteiger partial charge in [0.05, 0.1) is 38.6 Å². The van der Waals surface area contributed by atoms with Gasteiger partial charge in [0.25, 0.3) is 0 Å². The van der Waals surface area contributed by atoms with Gasteiger partial charge < -0.3 is 4.74 Å². The van der Waals surface area contributed by atoms with Crippen molar-refractivity contribution in [1.82, 2.24) is 23.8 Å². The molecule has 0 spiro atoms. The summed E-state index contributed by atoms with van der Waals surface area (Å²) in [5.74, 6) is 1.49. The number of imidazole rings is 2. The molecule has 0 N–H and O–H groups in total. The van der Waals surface area contributed by atoms with E-state index in [2.05, 4.69) is 121 Å². The van der Waals surface area contributed by atoms with Crippen LogP contribution in [-0.2, 0) is 5.41 Å². The van der Waals surface area contributed by atoms with Gasteiger partial charge >= 0.3 is 0 Å². The topological polar surface area (TPSA) is 56.7 Å².